The van der Waals surface area contributed by atoms with Crippen molar-refractivity contribution >= 4 is 11.9 Å². The molecule has 1 amide bonds. The smallest absolute Gasteiger partial charge is 0.303 e. The number of nitrogens with one attached hydrogen (secondary N) is 1. The lowest BCUT2D eigenvalue weighted by Gasteiger charge is -2.43. The second-order valence-electron chi connectivity index (χ2n) is 12.3. The van der Waals surface area contributed by atoms with Crippen molar-refractivity contribution in [1.29, 1.82) is 0 Å². The van der Waals surface area contributed by atoms with Gasteiger partial charge in [-0.25, -0.2) is 0 Å². The average molecular weight is 637 g/mol. The van der Waals surface area contributed by atoms with Gasteiger partial charge in [-0.2, -0.15) is 0 Å². The molecule has 1 aliphatic rings. The van der Waals surface area contributed by atoms with Crippen molar-refractivity contribution in [2.75, 3.05) is 13.6 Å². The molecule has 3 N–H and O–H groups in total. The summed E-state index contributed by atoms with van der Waals surface area (Å²) in [5.74, 6) is -1.20. The molecular weight excluding hydrogens is 592 g/mol. The number of nitrogens with zero attached hydrogens (tertiary/aromatic N) is 1. The highest BCUT2D eigenvalue weighted by atomic mass is 16.7. The van der Waals surface area contributed by atoms with Gasteiger partial charge in [-0.1, -0.05) is 104 Å². The van der Waals surface area contributed by atoms with Gasteiger partial charge in [-0.3, -0.25) is 14.5 Å². The van der Waals surface area contributed by atoms with Gasteiger partial charge in [0, 0.05) is 37.0 Å². The van der Waals surface area contributed by atoms with Gasteiger partial charge in [-0.15, -0.1) is 0 Å². The van der Waals surface area contributed by atoms with Crippen LogP contribution in [-0.4, -0.2) is 46.7 Å². The first kappa shape index (κ1) is 34.0. The average Bonchev–Trinajstić information content (AvgIpc) is 3.11. The minimum absolute atomic E-state index is 0.00538. The summed E-state index contributed by atoms with van der Waals surface area (Å²) in [5.41, 5.74) is 7.03. The molecule has 1 saturated heterocycles. The number of benzene rings is 4. The highest BCUT2D eigenvalue weighted by Gasteiger charge is 2.39. The SMILES string of the molecule is CC1C(CN(C)C(C)c2ccccc2)OC(c2ccc(-c3cccc(CNC(=O)CCC(=O)O)c3)cc2)OC1c1ccc(CO)cc1. The van der Waals surface area contributed by atoms with Crippen LogP contribution in [-0.2, 0) is 32.2 Å². The summed E-state index contributed by atoms with van der Waals surface area (Å²) in [6.07, 6.45) is -1.10. The maximum absolute atomic E-state index is 12.0. The molecule has 4 aromatic rings. The molecule has 0 radical (unpaired) electrons. The number of likely N-dealkylation sites (N-methyl/N-ethyl adjacent to an activating group) is 1. The number of aliphatic hydroxyl groups excluding tert-OH is 1. The minimum atomic E-state index is -0.989. The number of rotatable bonds is 13. The van der Waals surface area contributed by atoms with E-state index in [9.17, 15) is 14.7 Å². The molecule has 1 aliphatic heterocycles. The van der Waals surface area contributed by atoms with Crippen LogP contribution in [0.1, 0.15) is 72.9 Å². The van der Waals surface area contributed by atoms with Crippen molar-refractivity contribution in [3.05, 3.63) is 131 Å². The van der Waals surface area contributed by atoms with E-state index in [1.807, 2.05) is 78.9 Å². The normalized spacial score (nSPS) is 20.1. The molecule has 8 nitrogen and oxygen atoms in total. The van der Waals surface area contributed by atoms with Crippen molar-refractivity contribution in [3.8, 4) is 11.1 Å². The molecular formula is C39H44N2O6. The molecule has 5 rings (SSSR count). The maximum Gasteiger partial charge on any atom is 0.303 e. The van der Waals surface area contributed by atoms with Gasteiger partial charge < -0.3 is 25.0 Å². The third-order valence-corrected chi connectivity index (χ3v) is 9.03. The zero-order valence-electron chi connectivity index (χ0n) is 27.2. The molecule has 0 aliphatic carbocycles. The Morgan fingerprint density at radius 3 is 2.21 bits per heavy atom. The van der Waals surface area contributed by atoms with Crippen LogP contribution in [0.2, 0.25) is 0 Å². The third kappa shape index (κ3) is 8.93. The second kappa shape index (κ2) is 16.0. The van der Waals surface area contributed by atoms with E-state index in [4.69, 9.17) is 14.6 Å². The van der Waals surface area contributed by atoms with E-state index >= 15 is 0 Å². The van der Waals surface area contributed by atoms with Crippen LogP contribution in [0, 0.1) is 5.92 Å². The Balaban J connectivity index is 1.33. The molecule has 1 heterocycles. The van der Waals surface area contributed by atoms with Gasteiger partial charge in [-0.05, 0) is 53.4 Å². The number of hydrogen-bond acceptors (Lipinski definition) is 6. The molecule has 0 spiro atoms. The summed E-state index contributed by atoms with van der Waals surface area (Å²) in [6.45, 7) is 5.43. The number of hydrogen-bond donors (Lipinski definition) is 3. The summed E-state index contributed by atoms with van der Waals surface area (Å²) < 4.78 is 13.4. The quantitative estimate of drug-likeness (QED) is 0.148. The third-order valence-electron chi connectivity index (χ3n) is 9.03. The van der Waals surface area contributed by atoms with E-state index in [1.54, 1.807) is 0 Å². The largest absolute Gasteiger partial charge is 0.481 e. The minimum Gasteiger partial charge on any atom is -0.481 e. The van der Waals surface area contributed by atoms with E-state index in [1.165, 1.54) is 5.56 Å². The Hall–Kier alpha value is -4.34. The number of amides is 1. The van der Waals surface area contributed by atoms with Crippen LogP contribution in [0.15, 0.2) is 103 Å². The molecule has 47 heavy (non-hydrogen) atoms. The second-order valence-corrected chi connectivity index (χ2v) is 12.3. The Kier molecular flexibility index (Phi) is 11.6. The molecule has 8 heteroatoms. The molecule has 5 unspecified atom stereocenters. The first-order chi connectivity index (χ1) is 22.7. The van der Waals surface area contributed by atoms with Crippen LogP contribution >= 0.6 is 0 Å². The van der Waals surface area contributed by atoms with Crippen LogP contribution in [0.4, 0.5) is 0 Å². The number of ether oxygens (including phenoxy) is 2. The number of carbonyl (C=O) groups excluding carboxylic acids is 1. The molecule has 0 aromatic heterocycles. The summed E-state index contributed by atoms with van der Waals surface area (Å²) in [4.78, 5) is 25.1. The van der Waals surface area contributed by atoms with E-state index in [0.717, 1.165) is 39.9 Å². The first-order valence-electron chi connectivity index (χ1n) is 16.2. The predicted octanol–water partition coefficient (Wildman–Crippen LogP) is 6.81. The number of carboxylic acids is 1. The number of carbonyl (C=O) groups is 2. The Morgan fingerprint density at radius 2 is 1.53 bits per heavy atom. The maximum atomic E-state index is 12.0. The number of carboxylic acid groups (broad SMARTS) is 1. The molecule has 0 bridgehead atoms. The van der Waals surface area contributed by atoms with E-state index < -0.39 is 12.3 Å². The summed E-state index contributed by atoms with van der Waals surface area (Å²) in [7, 11) is 2.13. The fraction of sp³-hybridized carbons (Fsp3) is 0.333. The molecule has 5 atom stereocenters. The van der Waals surface area contributed by atoms with Crippen LogP contribution in [0.25, 0.3) is 11.1 Å². The molecule has 4 aromatic carbocycles. The topological polar surface area (TPSA) is 108 Å². The molecule has 1 fully saturated rings. The Labute approximate surface area is 277 Å². The predicted molar refractivity (Wildman–Crippen MR) is 181 cm³/mol. The van der Waals surface area contributed by atoms with Crippen molar-refractivity contribution in [2.24, 2.45) is 5.92 Å². The lowest BCUT2D eigenvalue weighted by atomic mass is 9.89. The highest BCUT2D eigenvalue weighted by molar-refractivity contribution is 5.80. The highest BCUT2D eigenvalue weighted by Crippen LogP contribution is 2.42. The van der Waals surface area contributed by atoms with E-state index in [-0.39, 0.29) is 49.5 Å². The van der Waals surface area contributed by atoms with Gasteiger partial charge in [0.1, 0.15) is 0 Å². The summed E-state index contributed by atoms with van der Waals surface area (Å²) >= 11 is 0. The fourth-order valence-corrected chi connectivity index (χ4v) is 5.96. The zero-order chi connectivity index (χ0) is 33.3. The van der Waals surface area contributed by atoms with E-state index in [2.05, 4.69) is 55.4 Å². The monoisotopic (exact) mass is 636 g/mol. The molecule has 0 saturated carbocycles. The lowest BCUT2D eigenvalue weighted by Crippen LogP contribution is -2.44. The standard InChI is InChI=1S/C39H44N2O6/c1-26-35(24-41(3)27(2)30-9-5-4-6-10-30)46-39(47-38(26)32-14-12-28(25-42)13-15-32)33-18-16-31(17-19-33)34-11-7-8-29(22-34)23-40-36(43)20-21-37(44)45/h4-19,22,26-27,35,38-39,42H,20-21,23-25H2,1-3H3,(H,40,43)(H,44,45). The van der Waals surface area contributed by atoms with Gasteiger partial charge >= 0.3 is 5.97 Å². The van der Waals surface area contributed by atoms with Crippen LogP contribution in [0.5, 0.6) is 0 Å². The van der Waals surface area contributed by atoms with Crippen molar-refractivity contribution in [2.45, 2.75) is 64.4 Å². The summed E-state index contributed by atoms with van der Waals surface area (Å²) in [5, 5.41) is 21.2. The van der Waals surface area contributed by atoms with Crippen LogP contribution < -0.4 is 5.32 Å². The van der Waals surface area contributed by atoms with Crippen molar-refractivity contribution < 1.29 is 29.3 Å². The summed E-state index contributed by atoms with van der Waals surface area (Å²) in [6, 6.07) is 34.7. The number of aliphatic carboxylic acids is 1. The Morgan fingerprint density at radius 1 is 0.830 bits per heavy atom. The van der Waals surface area contributed by atoms with Crippen molar-refractivity contribution in [1.82, 2.24) is 10.2 Å². The Bertz CT molecular complexity index is 1610. The van der Waals surface area contributed by atoms with Gasteiger partial charge in [0.25, 0.3) is 0 Å². The number of aliphatic hydroxyl groups is 1. The van der Waals surface area contributed by atoms with E-state index in [0.29, 0.717) is 6.54 Å². The fourth-order valence-electron chi connectivity index (χ4n) is 5.96. The van der Waals surface area contributed by atoms with Crippen LogP contribution in [0.3, 0.4) is 0 Å². The molecule has 246 valence electrons. The van der Waals surface area contributed by atoms with Gasteiger partial charge in [0.05, 0.1) is 25.2 Å². The first-order valence-corrected chi connectivity index (χ1v) is 16.2. The zero-order valence-corrected chi connectivity index (χ0v) is 27.2. The van der Waals surface area contributed by atoms with Gasteiger partial charge in [0.15, 0.2) is 6.29 Å². The van der Waals surface area contributed by atoms with Gasteiger partial charge in [0.2, 0.25) is 5.91 Å². The van der Waals surface area contributed by atoms with Crippen molar-refractivity contribution in [3.63, 3.8) is 0 Å². The lowest BCUT2D eigenvalue weighted by molar-refractivity contribution is -0.276.